The Hall–Kier alpha value is -0.830. The van der Waals surface area contributed by atoms with Crippen LogP contribution in [0.15, 0.2) is 18.7 Å². The van der Waals surface area contributed by atoms with Gasteiger partial charge in [-0.25, -0.2) is 4.98 Å². The summed E-state index contributed by atoms with van der Waals surface area (Å²) in [5.74, 6) is 0. The van der Waals surface area contributed by atoms with Gasteiger partial charge in [-0.15, -0.1) is 0 Å². The third-order valence-corrected chi connectivity index (χ3v) is 1.43. The maximum Gasteiger partial charge on any atom is 0.0945 e. The molecule has 0 spiro atoms. The van der Waals surface area contributed by atoms with Gasteiger partial charge in [-0.2, -0.15) is 0 Å². The van der Waals surface area contributed by atoms with Crippen LogP contribution >= 0.6 is 0 Å². The number of nitrogens with two attached hydrogens (primary N) is 1. The van der Waals surface area contributed by atoms with Crippen molar-refractivity contribution in [2.75, 3.05) is 6.54 Å². The number of nitrogens with zero attached hydrogens (tertiary/aromatic N) is 2. The predicted molar refractivity (Wildman–Crippen MR) is 40.5 cm³/mol. The standard InChI is InChI=1S/C7H13N3/c8-3-1-2-5-10-6-4-9-7-10/h4,6-7H,1-3,5,8H2. The molecule has 0 bridgehead atoms. The Morgan fingerprint density at radius 1 is 1.40 bits per heavy atom. The van der Waals surface area contributed by atoms with Gasteiger partial charge in [-0.3, -0.25) is 0 Å². The Kier molecular flexibility index (Phi) is 2.96. The number of rotatable bonds is 4. The van der Waals surface area contributed by atoms with Crippen LogP contribution in [0, 0.1) is 0 Å². The molecule has 0 aliphatic heterocycles. The first-order valence-corrected chi connectivity index (χ1v) is 3.59. The van der Waals surface area contributed by atoms with Crippen LogP contribution < -0.4 is 5.73 Å². The zero-order valence-corrected chi connectivity index (χ0v) is 6.03. The highest BCUT2D eigenvalue weighted by Gasteiger charge is 1.87. The highest BCUT2D eigenvalue weighted by molar-refractivity contribution is 4.73. The molecule has 0 aliphatic rings. The molecule has 3 heteroatoms. The number of aromatic nitrogens is 2. The fourth-order valence-electron chi connectivity index (χ4n) is 0.858. The third kappa shape index (κ3) is 2.19. The number of imidazole rings is 1. The van der Waals surface area contributed by atoms with E-state index in [2.05, 4.69) is 9.55 Å². The second-order valence-electron chi connectivity index (χ2n) is 2.30. The van der Waals surface area contributed by atoms with Crippen molar-refractivity contribution in [1.29, 1.82) is 0 Å². The van der Waals surface area contributed by atoms with Crippen molar-refractivity contribution in [2.24, 2.45) is 5.73 Å². The molecule has 0 saturated carbocycles. The van der Waals surface area contributed by atoms with E-state index in [0.29, 0.717) is 0 Å². The number of hydrogen-bond acceptors (Lipinski definition) is 2. The van der Waals surface area contributed by atoms with Crippen LogP contribution in [0.4, 0.5) is 0 Å². The Morgan fingerprint density at radius 3 is 2.90 bits per heavy atom. The van der Waals surface area contributed by atoms with Gasteiger partial charge in [-0.1, -0.05) is 0 Å². The van der Waals surface area contributed by atoms with Gasteiger partial charge >= 0.3 is 0 Å². The lowest BCUT2D eigenvalue weighted by molar-refractivity contribution is 0.614. The van der Waals surface area contributed by atoms with E-state index in [-0.39, 0.29) is 0 Å². The van der Waals surface area contributed by atoms with Gasteiger partial charge in [0.1, 0.15) is 0 Å². The molecular weight excluding hydrogens is 126 g/mol. The van der Waals surface area contributed by atoms with E-state index < -0.39 is 0 Å². The topological polar surface area (TPSA) is 43.8 Å². The summed E-state index contributed by atoms with van der Waals surface area (Å²) in [5, 5.41) is 0. The first kappa shape index (κ1) is 7.28. The van der Waals surface area contributed by atoms with Crippen LogP contribution in [0.2, 0.25) is 0 Å². The van der Waals surface area contributed by atoms with Crippen LogP contribution in [-0.2, 0) is 6.54 Å². The summed E-state index contributed by atoms with van der Waals surface area (Å²) >= 11 is 0. The van der Waals surface area contributed by atoms with E-state index in [0.717, 1.165) is 25.9 Å². The van der Waals surface area contributed by atoms with Crippen LogP contribution in [0.3, 0.4) is 0 Å². The van der Waals surface area contributed by atoms with E-state index in [1.54, 1.807) is 6.20 Å². The van der Waals surface area contributed by atoms with E-state index in [4.69, 9.17) is 5.73 Å². The Balaban J connectivity index is 2.15. The van der Waals surface area contributed by atoms with E-state index in [1.807, 2.05) is 12.5 Å². The molecule has 2 N–H and O–H groups in total. The van der Waals surface area contributed by atoms with E-state index >= 15 is 0 Å². The number of hydrogen-bond donors (Lipinski definition) is 1. The minimum atomic E-state index is 0.786. The van der Waals surface area contributed by atoms with Crippen LogP contribution in [0.5, 0.6) is 0 Å². The molecule has 10 heavy (non-hydrogen) atoms. The summed E-state index contributed by atoms with van der Waals surface area (Å²) in [5.41, 5.74) is 5.34. The van der Waals surface area contributed by atoms with Gasteiger partial charge in [0.2, 0.25) is 0 Å². The minimum absolute atomic E-state index is 0.786. The smallest absolute Gasteiger partial charge is 0.0945 e. The second kappa shape index (κ2) is 4.06. The lowest BCUT2D eigenvalue weighted by Crippen LogP contribution is -2.01. The molecular formula is C7H13N3. The average Bonchev–Trinajstić information content (AvgIpc) is 2.41. The van der Waals surface area contributed by atoms with Crippen molar-refractivity contribution >= 4 is 0 Å². The fraction of sp³-hybridized carbons (Fsp3) is 0.571. The minimum Gasteiger partial charge on any atom is -0.337 e. The summed E-state index contributed by atoms with van der Waals surface area (Å²) in [6.45, 7) is 1.83. The molecule has 0 saturated heterocycles. The van der Waals surface area contributed by atoms with Gasteiger partial charge in [0.25, 0.3) is 0 Å². The van der Waals surface area contributed by atoms with Crippen molar-refractivity contribution in [3.05, 3.63) is 18.7 Å². The molecule has 1 aromatic rings. The van der Waals surface area contributed by atoms with Crippen molar-refractivity contribution in [1.82, 2.24) is 9.55 Å². The lowest BCUT2D eigenvalue weighted by Gasteiger charge is -1.98. The van der Waals surface area contributed by atoms with Gasteiger partial charge in [-0.05, 0) is 19.4 Å². The summed E-state index contributed by atoms with van der Waals surface area (Å²) < 4.78 is 2.07. The van der Waals surface area contributed by atoms with Gasteiger partial charge in [0, 0.05) is 18.9 Å². The predicted octanol–water partition coefficient (Wildman–Crippen LogP) is 0.622. The van der Waals surface area contributed by atoms with Crippen molar-refractivity contribution in [2.45, 2.75) is 19.4 Å². The van der Waals surface area contributed by atoms with Gasteiger partial charge in [0.15, 0.2) is 0 Å². The van der Waals surface area contributed by atoms with Crippen LogP contribution in [0.1, 0.15) is 12.8 Å². The molecule has 1 rings (SSSR count). The fourth-order valence-corrected chi connectivity index (χ4v) is 0.858. The summed E-state index contributed by atoms with van der Waals surface area (Å²) in [7, 11) is 0. The summed E-state index contributed by atoms with van der Waals surface area (Å²) in [6.07, 6.45) is 7.83. The van der Waals surface area contributed by atoms with E-state index in [1.165, 1.54) is 0 Å². The largest absolute Gasteiger partial charge is 0.337 e. The first-order valence-electron chi connectivity index (χ1n) is 3.59. The monoisotopic (exact) mass is 139 g/mol. The highest BCUT2D eigenvalue weighted by Crippen LogP contribution is 1.92. The molecule has 0 aliphatic carbocycles. The van der Waals surface area contributed by atoms with E-state index in [9.17, 15) is 0 Å². The summed E-state index contributed by atoms with van der Waals surface area (Å²) in [6, 6.07) is 0. The quantitative estimate of drug-likeness (QED) is 0.621. The SMILES string of the molecule is NCCCCn1ccnc1. The molecule has 0 unspecified atom stereocenters. The second-order valence-corrected chi connectivity index (χ2v) is 2.30. The average molecular weight is 139 g/mol. The van der Waals surface area contributed by atoms with Crippen molar-refractivity contribution in [3.63, 3.8) is 0 Å². The van der Waals surface area contributed by atoms with Gasteiger partial charge < -0.3 is 10.3 Å². The molecule has 3 nitrogen and oxygen atoms in total. The molecule has 1 aromatic heterocycles. The molecule has 0 radical (unpaired) electrons. The normalized spacial score (nSPS) is 10.1. The number of aryl methyl sites for hydroxylation is 1. The Bertz CT molecular complexity index is 157. The first-order chi connectivity index (χ1) is 4.93. The third-order valence-electron chi connectivity index (χ3n) is 1.43. The molecule has 1 heterocycles. The number of unbranched alkanes of at least 4 members (excludes halogenated alkanes) is 1. The van der Waals surface area contributed by atoms with Crippen LogP contribution in [-0.4, -0.2) is 16.1 Å². The lowest BCUT2D eigenvalue weighted by atomic mass is 10.3. The molecule has 0 fully saturated rings. The van der Waals surface area contributed by atoms with Crippen molar-refractivity contribution < 1.29 is 0 Å². The zero-order chi connectivity index (χ0) is 7.23. The summed E-state index contributed by atoms with van der Waals surface area (Å²) in [4.78, 5) is 3.93. The molecule has 0 atom stereocenters. The maximum atomic E-state index is 5.34. The maximum absolute atomic E-state index is 5.34. The molecule has 0 amide bonds. The molecule has 56 valence electrons. The zero-order valence-electron chi connectivity index (χ0n) is 6.03. The molecule has 0 aromatic carbocycles. The van der Waals surface area contributed by atoms with Crippen LogP contribution in [0.25, 0.3) is 0 Å². The Labute approximate surface area is 60.9 Å². The van der Waals surface area contributed by atoms with Crippen molar-refractivity contribution in [3.8, 4) is 0 Å². The highest BCUT2D eigenvalue weighted by atomic mass is 15.0. The Morgan fingerprint density at radius 2 is 2.30 bits per heavy atom. The van der Waals surface area contributed by atoms with Gasteiger partial charge in [0.05, 0.1) is 6.33 Å².